The number of hydrogen-bond donors (Lipinski definition) is 1. The van der Waals surface area contributed by atoms with E-state index in [9.17, 15) is 18.0 Å². The molecule has 0 aliphatic carbocycles. The van der Waals surface area contributed by atoms with Gasteiger partial charge < -0.3 is 15.0 Å². The van der Waals surface area contributed by atoms with Crippen LogP contribution >= 0.6 is 15.9 Å². The first-order valence-corrected chi connectivity index (χ1v) is 9.70. The number of anilines is 1. The third-order valence-corrected chi connectivity index (χ3v) is 5.06. The van der Waals surface area contributed by atoms with E-state index in [0.717, 1.165) is 29.7 Å². The van der Waals surface area contributed by atoms with Gasteiger partial charge in [-0.05, 0) is 48.2 Å². The van der Waals surface area contributed by atoms with E-state index in [1.165, 1.54) is 24.3 Å². The van der Waals surface area contributed by atoms with Crippen LogP contribution in [0.15, 0.2) is 53.0 Å². The zero-order valence-corrected chi connectivity index (χ0v) is 16.6. The molecule has 0 spiro atoms. The number of ether oxygens (including phenoxy) is 1. The number of amides is 1. The molecule has 1 unspecified atom stereocenters. The van der Waals surface area contributed by atoms with Crippen LogP contribution in [0.3, 0.4) is 0 Å². The van der Waals surface area contributed by atoms with E-state index in [4.69, 9.17) is 0 Å². The van der Waals surface area contributed by atoms with Gasteiger partial charge in [-0.2, -0.15) is 0 Å². The number of rotatable bonds is 6. The topological polar surface area (TPSA) is 41.6 Å². The maximum atomic E-state index is 12.2. The Balaban J connectivity index is 1.43. The van der Waals surface area contributed by atoms with E-state index in [2.05, 4.69) is 43.0 Å². The summed E-state index contributed by atoms with van der Waals surface area (Å²) in [5.41, 5.74) is 1.79. The summed E-state index contributed by atoms with van der Waals surface area (Å²) in [6, 6.07) is 13.5. The Bertz CT molecular complexity index is 812. The lowest BCUT2D eigenvalue weighted by Gasteiger charge is -2.19. The largest absolute Gasteiger partial charge is 0.573 e. The average molecular weight is 457 g/mol. The van der Waals surface area contributed by atoms with Crippen LogP contribution in [0.4, 0.5) is 18.9 Å². The number of benzene rings is 2. The highest BCUT2D eigenvalue weighted by Crippen LogP contribution is 2.26. The van der Waals surface area contributed by atoms with Crippen molar-refractivity contribution >= 4 is 27.5 Å². The summed E-state index contributed by atoms with van der Waals surface area (Å²) < 4.78 is 41.3. The molecule has 4 nitrogen and oxygen atoms in total. The molecule has 1 N–H and O–H groups in total. The number of carbonyl (C=O) groups excluding carboxylic acids is 1. The molecule has 1 fully saturated rings. The molecular weight excluding hydrogens is 437 g/mol. The minimum absolute atomic E-state index is 0.119. The zero-order valence-electron chi connectivity index (χ0n) is 15.0. The standard InChI is InChI=1S/C20H20BrF3N2O2/c21-16-2-1-3-17(11-16)26-9-8-15(13-26)12-25-19(27)10-14-4-6-18(7-5-14)28-20(22,23)24/h1-7,11,15H,8-10,12-13H2,(H,25,27). The Morgan fingerprint density at radius 1 is 1.21 bits per heavy atom. The third kappa shape index (κ3) is 6.15. The summed E-state index contributed by atoms with van der Waals surface area (Å²) in [6.45, 7) is 2.40. The van der Waals surface area contributed by atoms with E-state index in [1.54, 1.807) is 0 Å². The van der Waals surface area contributed by atoms with Gasteiger partial charge in [-0.3, -0.25) is 4.79 Å². The monoisotopic (exact) mass is 456 g/mol. The molecule has 1 heterocycles. The lowest BCUT2D eigenvalue weighted by molar-refractivity contribution is -0.274. The van der Waals surface area contributed by atoms with E-state index < -0.39 is 6.36 Å². The van der Waals surface area contributed by atoms with Crippen LogP contribution in [0, 0.1) is 5.92 Å². The second-order valence-corrected chi connectivity index (χ2v) is 7.67. The van der Waals surface area contributed by atoms with Gasteiger partial charge in [0.05, 0.1) is 6.42 Å². The SMILES string of the molecule is O=C(Cc1ccc(OC(F)(F)F)cc1)NCC1CCN(c2cccc(Br)c2)C1. The van der Waals surface area contributed by atoms with Crippen LogP contribution in [0.5, 0.6) is 5.75 Å². The Labute approximate surface area is 169 Å². The highest BCUT2D eigenvalue weighted by molar-refractivity contribution is 9.10. The number of halogens is 4. The van der Waals surface area contributed by atoms with Crippen LogP contribution in [-0.4, -0.2) is 31.9 Å². The molecule has 3 rings (SSSR count). The molecular formula is C20H20BrF3N2O2. The van der Waals surface area contributed by atoms with E-state index in [-0.39, 0.29) is 18.1 Å². The first-order valence-electron chi connectivity index (χ1n) is 8.90. The van der Waals surface area contributed by atoms with Crippen molar-refractivity contribution in [3.63, 3.8) is 0 Å². The van der Waals surface area contributed by atoms with Gasteiger partial charge in [0.15, 0.2) is 0 Å². The molecule has 1 amide bonds. The van der Waals surface area contributed by atoms with Gasteiger partial charge in [-0.1, -0.05) is 34.1 Å². The fourth-order valence-corrected chi connectivity index (χ4v) is 3.61. The van der Waals surface area contributed by atoms with Crippen molar-refractivity contribution in [1.29, 1.82) is 0 Å². The Morgan fingerprint density at radius 2 is 1.96 bits per heavy atom. The molecule has 0 radical (unpaired) electrons. The molecule has 0 saturated carbocycles. The quantitative estimate of drug-likeness (QED) is 0.693. The minimum atomic E-state index is -4.72. The summed E-state index contributed by atoms with van der Waals surface area (Å²) in [4.78, 5) is 14.4. The molecule has 2 aromatic rings. The minimum Gasteiger partial charge on any atom is -0.406 e. The summed E-state index contributed by atoms with van der Waals surface area (Å²) in [6.07, 6.45) is -3.60. The van der Waals surface area contributed by atoms with Crippen LogP contribution in [0.25, 0.3) is 0 Å². The molecule has 1 saturated heterocycles. The van der Waals surface area contributed by atoms with Crippen molar-refractivity contribution < 1.29 is 22.7 Å². The Morgan fingerprint density at radius 3 is 2.64 bits per heavy atom. The maximum absolute atomic E-state index is 12.2. The third-order valence-electron chi connectivity index (χ3n) is 4.57. The van der Waals surface area contributed by atoms with Crippen molar-refractivity contribution in [2.24, 2.45) is 5.92 Å². The second-order valence-electron chi connectivity index (χ2n) is 6.75. The van der Waals surface area contributed by atoms with Gasteiger partial charge in [0.2, 0.25) is 5.91 Å². The van der Waals surface area contributed by atoms with Gasteiger partial charge in [-0.15, -0.1) is 13.2 Å². The van der Waals surface area contributed by atoms with Crippen LogP contribution in [-0.2, 0) is 11.2 Å². The van der Waals surface area contributed by atoms with E-state index in [0.29, 0.717) is 18.0 Å². The predicted octanol–water partition coefficient (Wildman–Crippen LogP) is 4.53. The summed E-state index contributed by atoms with van der Waals surface area (Å²) in [5, 5.41) is 2.92. The van der Waals surface area contributed by atoms with Crippen molar-refractivity contribution in [2.45, 2.75) is 19.2 Å². The summed E-state index contributed by atoms with van der Waals surface area (Å²) in [5.74, 6) is -0.0776. The van der Waals surface area contributed by atoms with Gasteiger partial charge in [-0.25, -0.2) is 0 Å². The zero-order chi connectivity index (χ0) is 20.1. The normalized spacial score (nSPS) is 16.9. The van der Waals surface area contributed by atoms with Crippen LogP contribution in [0.2, 0.25) is 0 Å². The first-order chi connectivity index (χ1) is 13.3. The summed E-state index contributed by atoms with van der Waals surface area (Å²) >= 11 is 3.48. The van der Waals surface area contributed by atoms with E-state index >= 15 is 0 Å². The fraction of sp³-hybridized carbons (Fsp3) is 0.350. The second kappa shape index (κ2) is 8.86. The molecule has 2 aromatic carbocycles. The van der Waals surface area contributed by atoms with Gasteiger partial charge in [0, 0.05) is 29.8 Å². The fourth-order valence-electron chi connectivity index (χ4n) is 3.22. The van der Waals surface area contributed by atoms with Crippen LogP contribution < -0.4 is 15.0 Å². The molecule has 1 aliphatic rings. The first kappa shape index (κ1) is 20.5. The van der Waals surface area contributed by atoms with Gasteiger partial charge in [0.1, 0.15) is 5.75 Å². The Hall–Kier alpha value is -2.22. The number of carbonyl (C=O) groups is 1. The lowest BCUT2D eigenvalue weighted by atomic mass is 10.1. The molecule has 28 heavy (non-hydrogen) atoms. The predicted molar refractivity (Wildman–Crippen MR) is 104 cm³/mol. The average Bonchev–Trinajstić information content (AvgIpc) is 3.10. The highest BCUT2D eigenvalue weighted by Gasteiger charge is 2.31. The number of hydrogen-bond acceptors (Lipinski definition) is 3. The number of alkyl halides is 3. The highest BCUT2D eigenvalue weighted by atomic mass is 79.9. The molecule has 8 heteroatoms. The van der Waals surface area contributed by atoms with Crippen molar-refractivity contribution in [3.05, 3.63) is 58.6 Å². The van der Waals surface area contributed by atoms with Gasteiger partial charge >= 0.3 is 6.36 Å². The maximum Gasteiger partial charge on any atom is 0.573 e. The lowest BCUT2D eigenvalue weighted by Crippen LogP contribution is -2.32. The Kier molecular flexibility index (Phi) is 6.49. The molecule has 0 bridgehead atoms. The molecule has 1 aliphatic heterocycles. The van der Waals surface area contributed by atoms with Crippen molar-refractivity contribution in [3.8, 4) is 5.75 Å². The van der Waals surface area contributed by atoms with Crippen LogP contribution in [0.1, 0.15) is 12.0 Å². The van der Waals surface area contributed by atoms with E-state index in [1.807, 2.05) is 12.1 Å². The van der Waals surface area contributed by atoms with Crippen molar-refractivity contribution in [2.75, 3.05) is 24.5 Å². The molecule has 150 valence electrons. The molecule has 1 atom stereocenters. The van der Waals surface area contributed by atoms with Crippen molar-refractivity contribution in [1.82, 2.24) is 5.32 Å². The molecule has 0 aromatic heterocycles. The smallest absolute Gasteiger partial charge is 0.406 e. The summed E-state index contributed by atoms with van der Waals surface area (Å²) in [7, 11) is 0. The number of nitrogens with zero attached hydrogens (tertiary/aromatic N) is 1. The van der Waals surface area contributed by atoms with Gasteiger partial charge in [0.25, 0.3) is 0 Å². The number of nitrogens with one attached hydrogen (secondary N) is 1.